The summed E-state index contributed by atoms with van der Waals surface area (Å²) in [6.45, 7) is 8.71. The van der Waals surface area contributed by atoms with Crippen molar-refractivity contribution in [3.8, 4) is 0 Å². The Labute approximate surface area is 116 Å². The molecular formula is C15H25N3O. The van der Waals surface area contributed by atoms with Crippen LogP contribution in [-0.2, 0) is 4.79 Å². The summed E-state index contributed by atoms with van der Waals surface area (Å²) in [5.41, 5.74) is 8.20. The minimum absolute atomic E-state index is 0.0160. The molecule has 0 saturated heterocycles. The van der Waals surface area contributed by atoms with Gasteiger partial charge in [0.25, 0.3) is 0 Å². The van der Waals surface area contributed by atoms with Crippen molar-refractivity contribution in [2.75, 3.05) is 24.6 Å². The molecule has 1 amide bonds. The second kappa shape index (κ2) is 6.06. The number of aryl methyl sites for hydroxylation is 1. The summed E-state index contributed by atoms with van der Waals surface area (Å²) in [5, 5.41) is 2.92. The van der Waals surface area contributed by atoms with E-state index in [9.17, 15) is 4.79 Å². The Bertz CT molecular complexity index is 455. The molecule has 0 fully saturated rings. The van der Waals surface area contributed by atoms with E-state index in [0.717, 1.165) is 17.7 Å². The highest BCUT2D eigenvalue weighted by atomic mass is 16.2. The number of likely N-dealkylation sites (N-methyl/N-ethyl adjacent to an activating group) is 1. The quantitative estimate of drug-likeness (QED) is 0.803. The van der Waals surface area contributed by atoms with Gasteiger partial charge in [0.2, 0.25) is 5.91 Å². The van der Waals surface area contributed by atoms with Gasteiger partial charge >= 0.3 is 0 Å². The van der Waals surface area contributed by atoms with Gasteiger partial charge in [-0.15, -0.1) is 0 Å². The van der Waals surface area contributed by atoms with Crippen LogP contribution in [0.15, 0.2) is 18.2 Å². The lowest BCUT2D eigenvalue weighted by molar-refractivity contribution is -0.118. The van der Waals surface area contributed by atoms with Gasteiger partial charge in [-0.3, -0.25) is 9.69 Å². The highest BCUT2D eigenvalue weighted by Gasteiger charge is 2.23. The highest BCUT2D eigenvalue weighted by molar-refractivity contribution is 5.93. The number of benzene rings is 1. The zero-order valence-electron chi connectivity index (χ0n) is 12.6. The van der Waals surface area contributed by atoms with E-state index in [0.29, 0.717) is 12.2 Å². The first-order valence-corrected chi connectivity index (χ1v) is 6.63. The Balaban J connectivity index is 2.68. The summed E-state index contributed by atoms with van der Waals surface area (Å²) in [4.78, 5) is 14.1. The molecule has 106 valence electrons. The minimum Gasteiger partial charge on any atom is -0.399 e. The Morgan fingerprint density at radius 2 is 2.05 bits per heavy atom. The molecule has 1 aromatic carbocycles. The van der Waals surface area contributed by atoms with Gasteiger partial charge in [0.15, 0.2) is 0 Å². The first-order valence-electron chi connectivity index (χ1n) is 6.63. The van der Waals surface area contributed by atoms with Gasteiger partial charge in [0.1, 0.15) is 0 Å². The lowest BCUT2D eigenvalue weighted by atomic mass is 10.00. The summed E-state index contributed by atoms with van der Waals surface area (Å²) < 4.78 is 0. The van der Waals surface area contributed by atoms with Crippen molar-refractivity contribution in [1.82, 2.24) is 4.90 Å². The Morgan fingerprint density at radius 3 is 2.63 bits per heavy atom. The summed E-state index contributed by atoms with van der Waals surface area (Å²) in [5.74, 6) is -0.0160. The van der Waals surface area contributed by atoms with Crippen LogP contribution in [0.3, 0.4) is 0 Å². The van der Waals surface area contributed by atoms with E-state index in [4.69, 9.17) is 5.73 Å². The highest BCUT2D eigenvalue weighted by Crippen LogP contribution is 2.19. The van der Waals surface area contributed by atoms with Gasteiger partial charge in [0, 0.05) is 16.9 Å². The molecule has 0 aliphatic carbocycles. The summed E-state index contributed by atoms with van der Waals surface area (Å²) in [7, 11) is 1.97. The van der Waals surface area contributed by atoms with Crippen molar-refractivity contribution in [2.45, 2.75) is 39.7 Å². The molecule has 0 bridgehead atoms. The van der Waals surface area contributed by atoms with Crippen molar-refractivity contribution in [2.24, 2.45) is 0 Å². The van der Waals surface area contributed by atoms with Crippen molar-refractivity contribution in [3.05, 3.63) is 23.8 Å². The summed E-state index contributed by atoms with van der Waals surface area (Å²) >= 11 is 0. The SMILES string of the molecule is CCC(C)(C)N(C)CC(=O)Nc1cc(N)ccc1C. The van der Waals surface area contributed by atoms with E-state index in [1.54, 1.807) is 6.07 Å². The number of nitrogens with zero attached hydrogens (tertiary/aromatic N) is 1. The van der Waals surface area contributed by atoms with Gasteiger partial charge in [-0.1, -0.05) is 13.0 Å². The number of carbonyl (C=O) groups is 1. The van der Waals surface area contributed by atoms with Crippen LogP contribution in [0.5, 0.6) is 0 Å². The Morgan fingerprint density at radius 1 is 1.42 bits per heavy atom. The number of nitrogens with two attached hydrogens (primary N) is 1. The van der Waals surface area contributed by atoms with Crippen LogP contribution in [0.1, 0.15) is 32.8 Å². The Hall–Kier alpha value is -1.55. The number of anilines is 2. The maximum atomic E-state index is 12.1. The van der Waals surface area contributed by atoms with Gasteiger partial charge in [0.05, 0.1) is 6.54 Å². The largest absolute Gasteiger partial charge is 0.399 e. The van der Waals surface area contributed by atoms with Crippen LogP contribution in [0.4, 0.5) is 11.4 Å². The van der Waals surface area contributed by atoms with E-state index < -0.39 is 0 Å². The Kier molecular flexibility index (Phi) is 4.95. The van der Waals surface area contributed by atoms with Crippen LogP contribution in [0.25, 0.3) is 0 Å². The fourth-order valence-corrected chi connectivity index (χ4v) is 1.66. The lowest BCUT2D eigenvalue weighted by Gasteiger charge is -2.34. The van der Waals surface area contributed by atoms with Gasteiger partial charge in [-0.2, -0.15) is 0 Å². The van der Waals surface area contributed by atoms with Gasteiger partial charge in [-0.05, 0) is 51.9 Å². The van der Waals surface area contributed by atoms with Gasteiger partial charge in [-0.25, -0.2) is 0 Å². The molecule has 0 spiro atoms. The fourth-order valence-electron chi connectivity index (χ4n) is 1.66. The molecule has 19 heavy (non-hydrogen) atoms. The first kappa shape index (κ1) is 15.5. The van der Waals surface area contributed by atoms with Crippen LogP contribution < -0.4 is 11.1 Å². The standard InChI is InChI=1S/C15H25N3O/c1-6-15(3,4)18(5)10-14(19)17-13-9-12(16)8-7-11(13)2/h7-9H,6,10,16H2,1-5H3,(H,17,19). The first-order chi connectivity index (χ1) is 8.76. The predicted molar refractivity (Wildman–Crippen MR) is 81.2 cm³/mol. The molecule has 0 heterocycles. The molecule has 0 aromatic heterocycles. The van der Waals surface area contributed by atoms with E-state index in [2.05, 4.69) is 31.0 Å². The number of amides is 1. The predicted octanol–water partition coefficient (Wildman–Crippen LogP) is 2.64. The number of hydrogen-bond acceptors (Lipinski definition) is 3. The third-order valence-corrected chi connectivity index (χ3v) is 3.82. The van der Waals surface area contributed by atoms with Crippen molar-refractivity contribution < 1.29 is 4.79 Å². The molecule has 0 saturated carbocycles. The summed E-state index contributed by atoms with van der Waals surface area (Å²) in [6.07, 6.45) is 0.994. The van der Waals surface area contributed by atoms with E-state index in [1.165, 1.54) is 0 Å². The van der Waals surface area contributed by atoms with Crippen molar-refractivity contribution in [1.29, 1.82) is 0 Å². The molecule has 0 aliphatic rings. The van der Waals surface area contributed by atoms with E-state index >= 15 is 0 Å². The van der Waals surface area contributed by atoms with Crippen LogP contribution in [-0.4, -0.2) is 29.9 Å². The molecular weight excluding hydrogens is 238 g/mol. The van der Waals surface area contributed by atoms with E-state index in [-0.39, 0.29) is 11.4 Å². The second-order valence-corrected chi connectivity index (χ2v) is 5.64. The van der Waals surface area contributed by atoms with Crippen LogP contribution in [0, 0.1) is 6.92 Å². The number of rotatable bonds is 5. The molecule has 3 N–H and O–H groups in total. The van der Waals surface area contributed by atoms with Crippen molar-refractivity contribution in [3.63, 3.8) is 0 Å². The minimum atomic E-state index is -0.0160. The molecule has 1 rings (SSSR count). The normalized spacial score (nSPS) is 11.7. The van der Waals surface area contributed by atoms with Gasteiger partial charge < -0.3 is 11.1 Å². The molecule has 0 aliphatic heterocycles. The number of nitrogen functional groups attached to an aromatic ring is 1. The topological polar surface area (TPSA) is 58.4 Å². The number of hydrogen-bond donors (Lipinski definition) is 2. The third kappa shape index (κ3) is 4.24. The zero-order chi connectivity index (χ0) is 14.6. The number of nitrogens with one attached hydrogen (secondary N) is 1. The van der Waals surface area contributed by atoms with Crippen LogP contribution in [0.2, 0.25) is 0 Å². The second-order valence-electron chi connectivity index (χ2n) is 5.64. The molecule has 4 nitrogen and oxygen atoms in total. The molecule has 4 heteroatoms. The van der Waals surface area contributed by atoms with Crippen molar-refractivity contribution >= 4 is 17.3 Å². The third-order valence-electron chi connectivity index (χ3n) is 3.82. The molecule has 0 unspecified atom stereocenters. The molecule has 0 atom stereocenters. The average molecular weight is 263 g/mol. The average Bonchev–Trinajstić information content (AvgIpc) is 2.33. The monoisotopic (exact) mass is 263 g/mol. The van der Waals surface area contributed by atoms with Crippen LogP contribution >= 0.6 is 0 Å². The number of carbonyl (C=O) groups excluding carboxylic acids is 1. The maximum Gasteiger partial charge on any atom is 0.238 e. The fraction of sp³-hybridized carbons (Fsp3) is 0.533. The lowest BCUT2D eigenvalue weighted by Crippen LogP contribution is -2.44. The zero-order valence-corrected chi connectivity index (χ0v) is 12.6. The molecule has 1 aromatic rings. The molecule has 0 radical (unpaired) electrons. The summed E-state index contributed by atoms with van der Waals surface area (Å²) in [6, 6.07) is 5.53. The maximum absolute atomic E-state index is 12.1. The van der Waals surface area contributed by atoms with E-state index in [1.807, 2.05) is 26.1 Å². The smallest absolute Gasteiger partial charge is 0.238 e.